The number of rotatable bonds is 1. The van der Waals surface area contributed by atoms with Gasteiger partial charge in [-0.2, -0.15) is 0 Å². The summed E-state index contributed by atoms with van der Waals surface area (Å²) in [5, 5.41) is 3.47. The van der Waals surface area contributed by atoms with Gasteiger partial charge < -0.3 is 10.2 Å². The third-order valence-corrected chi connectivity index (χ3v) is 3.33. The highest BCUT2D eigenvalue weighted by molar-refractivity contribution is 6.34. The fraction of sp³-hybridized carbons (Fsp3) is 0.417. The number of aryl methyl sites for hydroxylation is 1. The molecule has 1 heterocycles. The fourth-order valence-electron chi connectivity index (χ4n) is 1.86. The van der Waals surface area contributed by atoms with Crippen molar-refractivity contribution in [2.24, 2.45) is 0 Å². The summed E-state index contributed by atoms with van der Waals surface area (Å²) in [7, 11) is 0. The second kappa shape index (κ2) is 4.74. The third-order valence-electron chi connectivity index (χ3n) is 2.83. The van der Waals surface area contributed by atoms with Crippen LogP contribution < -0.4 is 5.32 Å². The van der Waals surface area contributed by atoms with E-state index < -0.39 is 0 Å². The van der Waals surface area contributed by atoms with Crippen molar-refractivity contribution < 1.29 is 4.79 Å². The SMILES string of the molecule is Cc1cccc(NC(=O)N2CCCC2)c1Cl. The Hall–Kier alpha value is -1.22. The first-order valence-corrected chi connectivity index (χ1v) is 5.87. The monoisotopic (exact) mass is 238 g/mol. The van der Waals surface area contributed by atoms with Crippen molar-refractivity contribution in [3.8, 4) is 0 Å². The number of carbonyl (C=O) groups excluding carboxylic acids is 1. The van der Waals surface area contributed by atoms with Gasteiger partial charge in [0, 0.05) is 13.1 Å². The minimum absolute atomic E-state index is 0.0509. The molecule has 1 aliphatic heterocycles. The molecule has 1 aliphatic rings. The lowest BCUT2D eigenvalue weighted by atomic mass is 10.2. The number of anilines is 1. The molecule has 2 rings (SSSR count). The normalized spacial score (nSPS) is 15.2. The summed E-state index contributed by atoms with van der Waals surface area (Å²) in [5.41, 5.74) is 1.67. The molecule has 4 heteroatoms. The molecule has 0 radical (unpaired) electrons. The van der Waals surface area contributed by atoms with E-state index in [1.54, 1.807) is 0 Å². The molecule has 2 amide bonds. The van der Waals surface area contributed by atoms with Crippen LogP contribution in [0.1, 0.15) is 18.4 Å². The topological polar surface area (TPSA) is 32.3 Å². The number of urea groups is 1. The van der Waals surface area contributed by atoms with Gasteiger partial charge in [0.25, 0.3) is 0 Å². The van der Waals surface area contributed by atoms with Gasteiger partial charge in [-0.3, -0.25) is 0 Å². The quantitative estimate of drug-likeness (QED) is 0.800. The Morgan fingerprint density at radius 2 is 2.06 bits per heavy atom. The van der Waals surface area contributed by atoms with Crippen LogP contribution in [0.25, 0.3) is 0 Å². The molecule has 3 nitrogen and oxygen atoms in total. The van der Waals surface area contributed by atoms with Crippen LogP contribution in [0.4, 0.5) is 10.5 Å². The second-order valence-corrected chi connectivity index (χ2v) is 4.44. The Balaban J connectivity index is 2.08. The maximum atomic E-state index is 11.8. The van der Waals surface area contributed by atoms with Crippen molar-refractivity contribution in [2.45, 2.75) is 19.8 Å². The summed E-state index contributed by atoms with van der Waals surface area (Å²) < 4.78 is 0. The first-order chi connectivity index (χ1) is 7.68. The number of hydrogen-bond donors (Lipinski definition) is 1. The zero-order valence-corrected chi connectivity index (χ0v) is 10.0. The zero-order valence-electron chi connectivity index (χ0n) is 9.29. The number of nitrogens with zero attached hydrogens (tertiary/aromatic N) is 1. The summed E-state index contributed by atoms with van der Waals surface area (Å²) in [5.74, 6) is 0. The van der Waals surface area contributed by atoms with E-state index in [9.17, 15) is 4.79 Å². The zero-order chi connectivity index (χ0) is 11.5. The lowest BCUT2D eigenvalue weighted by Crippen LogP contribution is -2.32. The van der Waals surface area contributed by atoms with Crippen molar-refractivity contribution in [3.63, 3.8) is 0 Å². The average Bonchev–Trinajstić information content (AvgIpc) is 2.78. The lowest BCUT2D eigenvalue weighted by molar-refractivity contribution is 0.222. The van der Waals surface area contributed by atoms with Crippen LogP contribution in [-0.2, 0) is 0 Å². The van der Waals surface area contributed by atoms with Crippen LogP contribution in [0.15, 0.2) is 18.2 Å². The van der Waals surface area contributed by atoms with E-state index in [4.69, 9.17) is 11.6 Å². The fourth-order valence-corrected chi connectivity index (χ4v) is 2.03. The molecule has 1 N–H and O–H groups in total. The van der Waals surface area contributed by atoms with Crippen LogP contribution in [-0.4, -0.2) is 24.0 Å². The molecule has 0 atom stereocenters. The molecule has 0 aromatic heterocycles. The second-order valence-electron chi connectivity index (χ2n) is 4.06. The smallest absolute Gasteiger partial charge is 0.321 e. The van der Waals surface area contributed by atoms with Crippen LogP contribution >= 0.6 is 11.6 Å². The van der Waals surface area contributed by atoms with E-state index >= 15 is 0 Å². The van der Waals surface area contributed by atoms with Gasteiger partial charge in [0.1, 0.15) is 0 Å². The van der Waals surface area contributed by atoms with Gasteiger partial charge in [0.2, 0.25) is 0 Å². The Bertz CT molecular complexity index is 400. The van der Waals surface area contributed by atoms with Crippen molar-refractivity contribution in [1.82, 2.24) is 4.90 Å². The van der Waals surface area contributed by atoms with E-state index in [2.05, 4.69) is 5.32 Å². The molecule has 0 spiro atoms. The van der Waals surface area contributed by atoms with Gasteiger partial charge in [-0.15, -0.1) is 0 Å². The van der Waals surface area contributed by atoms with E-state index in [-0.39, 0.29) is 6.03 Å². The number of halogens is 1. The third kappa shape index (κ3) is 2.30. The highest BCUT2D eigenvalue weighted by Gasteiger charge is 2.18. The molecule has 0 aliphatic carbocycles. The summed E-state index contributed by atoms with van der Waals surface area (Å²) >= 11 is 6.11. The first kappa shape index (κ1) is 11.3. The Labute approximate surface area is 100 Å². The summed E-state index contributed by atoms with van der Waals surface area (Å²) in [6.07, 6.45) is 2.18. The van der Waals surface area contributed by atoms with Crippen molar-refractivity contribution >= 4 is 23.3 Å². The molecular weight excluding hydrogens is 224 g/mol. The maximum absolute atomic E-state index is 11.8. The molecular formula is C12H15ClN2O. The van der Waals surface area contributed by atoms with Gasteiger partial charge in [0.15, 0.2) is 0 Å². The molecule has 16 heavy (non-hydrogen) atoms. The Kier molecular flexibility index (Phi) is 3.34. The summed E-state index contributed by atoms with van der Waals surface area (Å²) in [4.78, 5) is 13.7. The van der Waals surface area contributed by atoms with Crippen molar-refractivity contribution in [3.05, 3.63) is 28.8 Å². The standard InChI is InChI=1S/C12H15ClN2O/c1-9-5-4-6-10(11(9)13)14-12(16)15-7-2-3-8-15/h4-6H,2-3,7-8H2,1H3,(H,14,16). The minimum Gasteiger partial charge on any atom is -0.325 e. The van der Waals surface area contributed by atoms with Crippen LogP contribution in [0, 0.1) is 6.92 Å². The number of hydrogen-bond acceptors (Lipinski definition) is 1. The minimum atomic E-state index is -0.0509. The molecule has 86 valence electrons. The average molecular weight is 239 g/mol. The van der Waals surface area contributed by atoms with Gasteiger partial charge in [-0.1, -0.05) is 23.7 Å². The van der Waals surface area contributed by atoms with E-state index in [1.807, 2.05) is 30.0 Å². The van der Waals surface area contributed by atoms with Gasteiger partial charge in [0.05, 0.1) is 10.7 Å². The van der Waals surface area contributed by atoms with Gasteiger partial charge in [-0.05, 0) is 31.4 Å². The Morgan fingerprint density at radius 1 is 1.38 bits per heavy atom. The number of benzene rings is 1. The Morgan fingerprint density at radius 3 is 2.75 bits per heavy atom. The van der Waals surface area contributed by atoms with E-state index in [0.717, 1.165) is 31.5 Å². The molecule has 0 unspecified atom stereocenters. The molecule has 1 aromatic carbocycles. The summed E-state index contributed by atoms with van der Waals surface area (Å²) in [6, 6.07) is 5.59. The molecule has 1 fully saturated rings. The van der Waals surface area contributed by atoms with Crippen LogP contribution in [0.5, 0.6) is 0 Å². The van der Waals surface area contributed by atoms with Crippen LogP contribution in [0.3, 0.4) is 0 Å². The predicted octanol–water partition coefficient (Wildman–Crippen LogP) is 3.28. The van der Waals surface area contributed by atoms with E-state index in [1.165, 1.54) is 0 Å². The lowest BCUT2D eigenvalue weighted by Gasteiger charge is -2.17. The number of amides is 2. The van der Waals surface area contributed by atoms with E-state index in [0.29, 0.717) is 10.7 Å². The molecule has 0 saturated carbocycles. The largest absolute Gasteiger partial charge is 0.325 e. The van der Waals surface area contributed by atoms with Crippen molar-refractivity contribution in [2.75, 3.05) is 18.4 Å². The molecule has 0 bridgehead atoms. The molecule has 1 saturated heterocycles. The summed E-state index contributed by atoms with van der Waals surface area (Å²) in [6.45, 7) is 3.61. The highest BCUT2D eigenvalue weighted by atomic mass is 35.5. The first-order valence-electron chi connectivity index (χ1n) is 5.49. The van der Waals surface area contributed by atoms with Crippen molar-refractivity contribution in [1.29, 1.82) is 0 Å². The van der Waals surface area contributed by atoms with Crippen LogP contribution in [0.2, 0.25) is 5.02 Å². The molecule has 1 aromatic rings. The maximum Gasteiger partial charge on any atom is 0.321 e. The highest BCUT2D eigenvalue weighted by Crippen LogP contribution is 2.25. The number of carbonyl (C=O) groups is 1. The number of likely N-dealkylation sites (tertiary alicyclic amines) is 1. The predicted molar refractivity (Wildman–Crippen MR) is 66.0 cm³/mol. The van der Waals surface area contributed by atoms with Gasteiger partial charge >= 0.3 is 6.03 Å². The van der Waals surface area contributed by atoms with Gasteiger partial charge in [-0.25, -0.2) is 4.79 Å². The number of nitrogens with one attached hydrogen (secondary N) is 1.